The van der Waals surface area contributed by atoms with Crippen LogP contribution < -0.4 is 16.8 Å². The van der Waals surface area contributed by atoms with Crippen LogP contribution in [0.3, 0.4) is 0 Å². The van der Waals surface area contributed by atoms with Crippen molar-refractivity contribution in [3.05, 3.63) is 30.0 Å². The summed E-state index contributed by atoms with van der Waals surface area (Å²) in [5, 5.41) is 15.6. The fourth-order valence-electron chi connectivity index (χ4n) is 6.74. The number of nitrogens with two attached hydrogens (primary N) is 2. The van der Waals surface area contributed by atoms with Gasteiger partial charge in [0.05, 0.1) is 17.3 Å². The van der Waals surface area contributed by atoms with Gasteiger partial charge in [-0.25, -0.2) is 0 Å². The van der Waals surface area contributed by atoms with Crippen molar-refractivity contribution in [3.8, 4) is 0 Å². The van der Waals surface area contributed by atoms with Crippen LogP contribution in [0.2, 0.25) is 0 Å². The van der Waals surface area contributed by atoms with Crippen molar-refractivity contribution < 1.29 is 19.4 Å². The van der Waals surface area contributed by atoms with Crippen molar-refractivity contribution in [1.29, 1.82) is 0 Å². The highest BCUT2D eigenvalue weighted by atomic mass is 16.5. The SMILES string of the molecule is COCCCn1cc(N)c2ccc(C[C@@H](C[C@H](N)[C@@H](O)C[C@H](C(=O)N[C@@H]3CC34CCOCC4)C(C)C)C(C)C)cc21. The van der Waals surface area contributed by atoms with E-state index in [4.69, 9.17) is 20.9 Å². The number of aromatic nitrogens is 1. The van der Waals surface area contributed by atoms with Crippen LogP contribution in [0, 0.1) is 29.1 Å². The number of nitrogens with one attached hydrogen (secondary N) is 1. The summed E-state index contributed by atoms with van der Waals surface area (Å²) < 4.78 is 13.0. The van der Waals surface area contributed by atoms with E-state index in [0.29, 0.717) is 31.3 Å². The quantitative estimate of drug-likeness (QED) is 0.234. The molecule has 1 amide bonds. The van der Waals surface area contributed by atoms with Gasteiger partial charge in [-0.1, -0.05) is 39.8 Å². The van der Waals surface area contributed by atoms with E-state index in [1.54, 1.807) is 7.11 Å². The van der Waals surface area contributed by atoms with Crippen LogP contribution in [0.5, 0.6) is 0 Å². The highest BCUT2D eigenvalue weighted by Crippen LogP contribution is 2.53. The molecule has 2 fully saturated rings. The maximum atomic E-state index is 13.3. The van der Waals surface area contributed by atoms with E-state index >= 15 is 0 Å². The molecular weight excluding hydrogens is 516 g/mol. The van der Waals surface area contributed by atoms with E-state index in [1.807, 2.05) is 6.20 Å². The van der Waals surface area contributed by atoms with Crippen LogP contribution in [-0.4, -0.2) is 60.7 Å². The number of hydrogen-bond donors (Lipinski definition) is 4. The first-order valence-corrected chi connectivity index (χ1v) is 15.7. The Balaban J connectivity index is 1.36. The van der Waals surface area contributed by atoms with Gasteiger partial charge in [-0.2, -0.15) is 0 Å². The summed E-state index contributed by atoms with van der Waals surface area (Å²) in [5.74, 6) is 0.627. The highest BCUT2D eigenvalue weighted by Gasteiger charge is 2.55. The molecule has 1 saturated heterocycles. The van der Waals surface area contributed by atoms with Gasteiger partial charge in [-0.05, 0) is 79.7 Å². The van der Waals surface area contributed by atoms with Gasteiger partial charge in [0.15, 0.2) is 0 Å². The summed E-state index contributed by atoms with van der Waals surface area (Å²) in [6, 6.07) is 6.38. The van der Waals surface area contributed by atoms with E-state index in [9.17, 15) is 9.90 Å². The van der Waals surface area contributed by atoms with Crippen molar-refractivity contribution in [1.82, 2.24) is 9.88 Å². The first-order valence-electron chi connectivity index (χ1n) is 15.7. The van der Waals surface area contributed by atoms with E-state index in [0.717, 1.165) is 68.5 Å². The number of aliphatic hydroxyl groups is 1. The minimum Gasteiger partial charge on any atom is -0.397 e. The van der Waals surface area contributed by atoms with Gasteiger partial charge in [-0.3, -0.25) is 4.79 Å². The van der Waals surface area contributed by atoms with Crippen LogP contribution in [0.25, 0.3) is 10.9 Å². The molecule has 2 aromatic rings. The van der Waals surface area contributed by atoms with Crippen molar-refractivity contribution in [2.24, 2.45) is 34.8 Å². The van der Waals surface area contributed by atoms with Crippen molar-refractivity contribution in [2.75, 3.05) is 32.7 Å². The Morgan fingerprint density at radius 1 is 1.20 bits per heavy atom. The van der Waals surface area contributed by atoms with Gasteiger partial charge in [0.2, 0.25) is 5.91 Å². The number of amides is 1. The van der Waals surface area contributed by atoms with Crippen LogP contribution in [0.1, 0.15) is 71.8 Å². The standard InChI is InChI=1S/C33H54N4O4/c1-21(2)24(15-23-7-8-25-28(35)20-37(29(25)16-23)11-6-12-40-5)17-27(34)30(38)18-26(22(3)4)32(39)36-31-19-33(31)9-13-41-14-10-33/h7-8,16,20-22,24,26-27,30-31,38H,6,9-15,17-19,34-35H2,1-5H3,(H,36,39)/t24-,26-,27-,30-,31+/m0/s1. The zero-order valence-electron chi connectivity index (χ0n) is 25.9. The number of hydrogen-bond acceptors (Lipinski definition) is 6. The van der Waals surface area contributed by atoms with Gasteiger partial charge in [0, 0.05) is 63.1 Å². The Bertz CT molecular complexity index is 1140. The molecule has 41 heavy (non-hydrogen) atoms. The predicted octanol–water partition coefficient (Wildman–Crippen LogP) is 4.50. The number of rotatable bonds is 15. The molecule has 1 aromatic heterocycles. The summed E-state index contributed by atoms with van der Waals surface area (Å²) in [6.07, 6.45) is 7.26. The summed E-state index contributed by atoms with van der Waals surface area (Å²) in [5.41, 5.74) is 16.4. The Labute approximate surface area is 246 Å². The molecule has 2 aliphatic rings. The number of benzene rings is 1. The van der Waals surface area contributed by atoms with E-state index in [2.05, 4.69) is 55.8 Å². The van der Waals surface area contributed by atoms with Gasteiger partial charge < -0.3 is 35.9 Å². The first kappa shape index (κ1) is 31.8. The minimum atomic E-state index is -0.731. The molecule has 1 aliphatic carbocycles. The van der Waals surface area contributed by atoms with Crippen LogP contribution in [0.4, 0.5) is 5.69 Å². The fraction of sp³-hybridized carbons (Fsp3) is 0.727. The fourth-order valence-corrected chi connectivity index (χ4v) is 6.74. The number of carbonyl (C=O) groups is 1. The molecule has 6 N–H and O–H groups in total. The highest BCUT2D eigenvalue weighted by molar-refractivity contribution is 5.92. The molecule has 1 spiro atoms. The molecule has 8 nitrogen and oxygen atoms in total. The summed E-state index contributed by atoms with van der Waals surface area (Å²) in [7, 11) is 1.72. The largest absolute Gasteiger partial charge is 0.397 e. The van der Waals surface area contributed by atoms with Crippen LogP contribution >= 0.6 is 0 Å². The smallest absolute Gasteiger partial charge is 0.223 e. The number of ether oxygens (including phenoxy) is 2. The number of carbonyl (C=O) groups excluding carboxylic acids is 1. The number of nitrogen functional groups attached to an aromatic ring is 1. The lowest BCUT2D eigenvalue weighted by Crippen LogP contribution is -2.44. The molecule has 0 unspecified atom stereocenters. The molecule has 1 aromatic carbocycles. The average molecular weight is 571 g/mol. The second-order valence-electron chi connectivity index (χ2n) is 13.5. The molecule has 1 saturated carbocycles. The van der Waals surface area contributed by atoms with E-state index in [-0.39, 0.29) is 29.2 Å². The van der Waals surface area contributed by atoms with Gasteiger partial charge in [-0.15, -0.1) is 0 Å². The molecule has 1 aliphatic heterocycles. The zero-order valence-corrected chi connectivity index (χ0v) is 25.9. The number of anilines is 1. The Morgan fingerprint density at radius 2 is 1.93 bits per heavy atom. The predicted molar refractivity (Wildman–Crippen MR) is 165 cm³/mol. The van der Waals surface area contributed by atoms with Crippen LogP contribution in [0.15, 0.2) is 24.4 Å². The van der Waals surface area contributed by atoms with Gasteiger partial charge in [0.1, 0.15) is 0 Å². The Hall–Kier alpha value is -2.13. The third-order valence-electron chi connectivity index (χ3n) is 9.87. The number of aliphatic hydroxyl groups excluding tert-OH is 1. The lowest BCUT2D eigenvalue weighted by atomic mass is 9.80. The number of fused-ring (bicyclic) bond motifs is 1. The molecule has 230 valence electrons. The van der Waals surface area contributed by atoms with Gasteiger partial charge >= 0.3 is 0 Å². The normalized spacial score (nSPS) is 21.3. The third kappa shape index (κ3) is 7.83. The van der Waals surface area contributed by atoms with E-state index < -0.39 is 12.1 Å². The van der Waals surface area contributed by atoms with Crippen molar-refractivity contribution >= 4 is 22.5 Å². The molecule has 0 radical (unpaired) electrons. The molecule has 8 heteroatoms. The Morgan fingerprint density at radius 3 is 2.59 bits per heavy atom. The number of nitrogens with zero attached hydrogens (tertiary/aromatic N) is 1. The number of aryl methyl sites for hydroxylation is 1. The molecule has 0 bridgehead atoms. The van der Waals surface area contributed by atoms with Gasteiger partial charge in [0.25, 0.3) is 0 Å². The lowest BCUT2D eigenvalue weighted by Gasteiger charge is -2.30. The summed E-state index contributed by atoms with van der Waals surface area (Å²) in [6.45, 7) is 11.7. The van der Waals surface area contributed by atoms with E-state index in [1.165, 1.54) is 5.56 Å². The lowest BCUT2D eigenvalue weighted by molar-refractivity contribution is -0.128. The average Bonchev–Trinajstić information content (AvgIpc) is 3.47. The number of methoxy groups -OCH3 is 1. The summed E-state index contributed by atoms with van der Waals surface area (Å²) in [4.78, 5) is 13.3. The maximum absolute atomic E-state index is 13.3. The first-order chi connectivity index (χ1) is 19.5. The maximum Gasteiger partial charge on any atom is 0.223 e. The monoisotopic (exact) mass is 570 g/mol. The molecule has 2 heterocycles. The third-order valence-corrected chi connectivity index (χ3v) is 9.87. The minimum absolute atomic E-state index is 0.0566. The summed E-state index contributed by atoms with van der Waals surface area (Å²) >= 11 is 0. The van der Waals surface area contributed by atoms with Crippen molar-refractivity contribution in [2.45, 2.75) is 97.4 Å². The Kier molecular flexibility index (Phi) is 10.8. The zero-order chi connectivity index (χ0) is 29.7. The van der Waals surface area contributed by atoms with Crippen LogP contribution in [-0.2, 0) is 27.2 Å². The topological polar surface area (TPSA) is 125 Å². The molecule has 5 atom stereocenters. The second kappa shape index (κ2) is 13.9. The molecule has 4 rings (SSSR count). The second-order valence-corrected chi connectivity index (χ2v) is 13.5. The molecular formula is C33H54N4O4. The van der Waals surface area contributed by atoms with Crippen molar-refractivity contribution in [3.63, 3.8) is 0 Å².